The molecule has 4 nitrogen and oxygen atoms in total. The molecule has 1 aromatic carbocycles. The molecule has 1 aromatic heterocycles. The second kappa shape index (κ2) is 8.79. The van der Waals surface area contributed by atoms with Gasteiger partial charge in [0.25, 0.3) is 0 Å². The van der Waals surface area contributed by atoms with E-state index in [0.717, 1.165) is 43.0 Å². The maximum absolute atomic E-state index is 11.2. The van der Waals surface area contributed by atoms with Gasteiger partial charge in [0, 0.05) is 37.9 Å². The lowest BCUT2D eigenvalue weighted by atomic mass is 9.77. The summed E-state index contributed by atoms with van der Waals surface area (Å²) >= 11 is 0. The molecule has 0 amide bonds. The summed E-state index contributed by atoms with van der Waals surface area (Å²) in [5.41, 5.74) is 4.19. The van der Waals surface area contributed by atoms with Gasteiger partial charge >= 0.3 is 0 Å². The lowest BCUT2D eigenvalue weighted by Gasteiger charge is -2.45. The van der Waals surface area contributed by atoms with Crippen LogP contribution in [0.1, 0.15) is 90.7 Å². The molecule has 1 saturated heterocycles. The summed E-state index contributed by atoms with van der Waals surface area (Å²) in [6, 6.07) is 10.7. The molecule has 2 heterocycles. The molecule has 1 aliphatic rings. The first kappa shape index (κ1) is 24.7. The zero-order valence-electron chi connectivity index (χ0n) is 21.7. The SMILES string of the molecule is CC(C)(C)c1cc(C(c2ccccn2)N2CCN(C(C)(C)C)CC2)cc(C(C)(C)C)c1O. The van der Waals surface area contributed by atoms with E-state index < -0.39 is 0 Å². The Morgan fingerprint density at radius 3 is 1.75 bits per heavy atom. The molecule has 1 unspecified atom stereocenters. The molecule has 1 atom stereocenters. The molecule has 3 rings (SSSR count). The van der Waals surface area contributed by atoms with Crippen LogP contribution >= 0.6 is 0 Å². The minimum absolute atomic E-state index is 0.0705. The molecule has 0 bridgehead atoms. The second-order valence-corrected chi connectivity index (χ2v) is 12.3. The maximum atomic E-state index is 11.2. The number of pyridine rings is 1. The van der Waals surface area contributed by atoms with Crippen LogP contribution in [-0.2, 0) is 10.8 Å². The minimum atomic E-state index is -0.153. The van der Waals surface area contributed by atoms with E-state index >= 15 is 0 Å². The van der Waals surface area contributed by atoms with Crippen molar-refractivity contribution < 1.29 is 5.11 Å². The van der Waals surface area contributed by atoms with Crippen molar-refractivity contribution in [2.24, 2.45) is 0 Å². The van der Waals surface area contributed by atoms with Crippen LogP contribution in [0.2, 0.25) is 0 Å². The van der Waals surface area contributed by atoms with Crippen molar-refractivity contribution in [2.45, 2.75) is 84.7 Å². The van der Waals surface area contributed by atoms with E-state index in [1.807, 2.05) is 12.3 Å². The molecular weight excluding hydrogens is 394 g/mol. The standard InChI is InChI=1S/C28H43N3O/c1-26(2,3)21-18-20(19-22(25(21)32)27(4,5)6)24(23-12-10-11-13-29-23)30-14-16-31(17-15-30)28(7,8)9/h10-13,18-19,24,32H,14-17H2,1-9H3. The average Bonchev–Trinajstić information content (AvgIpc) is 2.68. The van der Waals surface area contributed by atoms with Crippen molar-refractivity contribution in [3.05, 3.63) is 58.9 Å². The highest BCUT2D eigenvalue weighted by Crippen LogP contribution is 2.42. The van der Waals surface area contributed by atoms with E-state index in [-0.39, 0.29) is 22.4 Å². The van der Waals surface area contributed by atoms with Crippen molar-refractivity contribution in [1.82, 2.24) is 14.8 Å². The van der Waals surface area contributed by atoms with Crippen LogP contribution in [0.5, 0.6) is 5.75 Å². The first-order valence-electron chi connectivity index (χ1n) is 12.0. The number of nitrogens with zero attached hydrogens (tertiary/aromatic N) is 3. The van der Waals surface area contributed by atoms with Gasteiger partial charge in [-0.3, -0.25) is 14.8 Å². The Kier molecular flexibility index (Phi) is 6.80. The largest absolute Gasteiger partial charge is 0.507 e. The lowest BCUT2D eigenvalue weighted by molar-refractivity contribution is 0.0486. The Labute approximate surface area is 195 Å². The Balaban J connectivity index is 2.12. The molecule has 2 aromatic rings. The second-order valence-electron chi connectivity index (χ2n) is 12.3. The van der Waals surface area contributed by atoms with Gasteiger partial charge in [-0.1, -0.05) is 47.6 Å². The predicted molar refractivity (Wildman–Crippen MR) is 134 cm³/mol. The highest BCUT2D eigenvalue weighted by Gasteiger charge is 2.34. The summed E-state index contributed by atoms with van der Waals surface area (Å²) in [6.07, 6.45) is 1.89. The fraction of sp³-hybridized carbons (Fsp3) is 0.607. The number of aromatic nitrogens is 1. The third kappa shape index (κ3) is 5.35. The monoisotopic (exact) mass is 437 g/mol. The van der Waals surface area contributed by atoms with E-state index in [0.29, 0.717) is 5.75 Å². The molecule has 0 saturated carbocycles. The van der Waals surface area contributed by atoms with Gasteiger partial charge in [0.05, 0.1) is 11.7 Å². The van der Waals surface area contributed by atoms with Gasteiger partial charge in [0.2, 0.25) is 0 Å². The Bertz CT molecular complexity index is 873. The number of phenols is 1. The molecule has 32 heavy (non-hydrogen) atoms. The molecule has 0 radical (unpaired) electrons. The number of phenolic OH excluding ortho intramolecular Hbond substituents is 1. The fourth-order valence-corrected chi connectivity index (χ4v) is 4.72. The van der Waals surface area contributed by atoms with Gasteiger partial charge in [-0.15, -0.1) is 0 Å². The van der Waals surface area contributed by atoms with Crippen LogP contribution in [-0.4, -0.2) is 51.6 Å². The van der Waals surface area contributed by atoms with Crippen molar-refractivity contribution in [1.29, 1.82) is 0 Å². The molecule has 1 N–H and O–H groups in total. The number of aromatic hydroxyl groups is 1. The van der Waals surface area contributed by atoms with Crippen molar-refractivity contribution in [3.8, 4) is 5.75 Å². The molecule has 4 heteroatoms. The molecule has 0 aliphatic carbocycles. The number of rotatable bonds is 3. The quantitative estimate of drug-likeness (QED) is 0.650. The number of benzene rings is 1. The fourth-order valence-electron chi connectivity index (χ4n) is 4.72. The van der Waals surface area contributed by atoms with Crippen LogP contribution < -0.4 is 0 Å². The van der Waals surface area contributed by atoms with E-state index in [1.165, 1.54) is 5.56 Å². The normalized spacial score (nSPS) is 18.0. The Morgan fingerprint density at radius 2 is 1.34 bits per heavy atom. The topological polar surface area (TPSA) is 39.6 Å². The summed E-state index contributed by atoms with van der Waals surface area (Å²) in [4.78, 5) is 9.92. The molecule has 1 aliphatic heterocycles. The summed E-state index contributed by atoms with van der Waals surface area (Å²) in [6.45, 7) is 24.0. The van der Waals surface area contributed by atoms with Crippen molar-refractivity contribution >= 4 is 0 Å². The van der Waals surface area contributed by atoms with Crippen molar-refractivity contribution in [2.75, 3.05) is 26.2 Å². The van der Waals surface area contributed by atoms with Crippen molar-refractivity contribution in [3.63, 3.8) is 0 Å². The van der Waals surface area contributed by atoms with Crippen LogP contribution in [0.3, 0.4) is 0 Å². The van der Waals surface area contributed by atoms with E-state index in [1.54, 1.807) is 0 Å². The first-order valence-corrected chi connectivity index (χ1v) is 12.0. The van der Waals surface area contributed by atoms with Crippen LogP contribution in [0.25, 0.3) is 0 Å². The molecule has 1 fully saturated rings. The lowest BCUT2D eigenvalue weighted by Crippen LogP contribution is -2.54. The summed E-state index contributed by atoms with van der Waals surface area (Å²) < 4.78 is 0. The van der Waals surface area contributed by atoms with Gasteiger partial charge in [-0.05, 0) is 72.6 Å². The smallest absolute Gasteiger partial charge is 0.123 e. The average molecular weight is 438 g/mol. The molecule has 0 spiro atoms. The third-order valence-electron chi connectivity index (χ3n) is 6.66. The summed E-state index contributed by atoms with van der Waals surface area (Å²) in [5, 5.41) is 11.2. The van der Waals surface area contributed by atoms with Gasteiger partial charge in [0.1, 0.15) is 5.75 Å². The van der Waals surface area contributed by atoms with Gasteiger partial charge in [-0.2, -0.15) is 0 Å². The van der Waals surface area contributed by atoms with Gasteiger partial charge in [-0.25, -0.2) is 0 Å². The number of hydrogen-bond donors (Lipinski definition) is 1. The Hall–Kier alpha value is -1.91. The van der Waals surface area contributed by atoms with Gasteiger partial charge in [0.15, 0.2) is 0 Å². The molecular formula is C28H43N3O. The maximum Gasteiger partial charge on any atom is 0.123 e. The Morgan fingerprint density at radius 1 is 0.812 bits per heavy atom. The highest BCUT2D eigenvalue weighted by molar-refractivity contribution is 5.51. The summed E-state index contributed by atoms with van der Waals surface area (Å²) in [5.74, 6) is 0.436. The third-order valence-corrected chi connectivity index (χ3v) is 6.66. The zero-order valence-corrected chi connectivity index (χ0v) is 21.7. The minimum Gasteiger partial charge on any atom is -0.507 e. The summed E-state index contributed by atoms with van der Waals surface area (Å²) in [7, 11) is 0. The van der Waals surface area contributed by atoms with E-state index in [2.05, 4.69) is 96.4 Å². The zero-order chi connectivity index (χ0) is 23.9. The van der Waals surface area contributed by atoms with Crippen LogP contribution in [0.15, 0.2) is 36.5 Å². The highest BCUT2D eigenvalue weighted by atomic mass is 16.3. The van der Waals surface area contributed by atoms with Crippen LogP contribution in [0, 0.1) is 0 Å². The molecule has 176 valence electrons. The van der Waals surface area contributed by atoms with Crippen LogP contribution in [0.4, 0.5) is 0 Å². The predicted octanol–water partition coefficient (Wildman–Crippen LogP) is 5.89. The number of piperazine rings is 1. The first-order chi connectivity index (χ1) is 14.7. The van der Waals surface area contributed by atoms with Gasteiger partial charge < -0.3 is 5.11 Å². The van der Waals surface area contributed by atoms with E-state index in [9.17, 15) is 5.11 Å². The van der Waals surface area contributed by atoms with E-state index in [4.69, 9.17) is 4.98 Å². The number of hydrogen-bond acceptors (Lipinski definition) is 4.